The van der Waals surface area contributed by atoms with Gasteiger partial charge in [-0.3, -0.25) is 18.7 Å². The molecule has 0 aliphatic carbocycles. The van der Waals surface area contributed by atoms with Crippen molar-refractivity contribution < 1.29 is 13.9 Å². The van der Waals surface area contributed by atoms with Gasteiger partial charge in [0.05, 0.1) is 24.7 Å². The molecule has 0 fully saturated rings. The van der Waals surface area contributed by atoms with Crippen molar-refractivity contribution in [3.8, 4) is 5.75 Å². The second-order valence-corrected chi connectivity index (χ2v) is 7.59. The Kier molecular flexibility index (Phi) is 6.23. The van der Waals surface area contributed by atoms with Gasteiger partial charge in [-0.05, 0) is 48.0 Å². The van der Waals surface area contributed by atoms with Crippen LogP contribution in [-0.4, -0.2) is 27.1 Å². The Morgan fingerprint density at radius 2 is 1.88 bits per heavy atom. The molecule has 4 rings (SSSR count). The minimum Gasteiger partial charge on any atom is -0.495 e. The van der Waals surface area contributed by atoms with Gasteiger partial charge in [0, 0.05) is 11.2 Å². The molecule has 2 aromatic heterocycles. The van der Waals surface area contributed by atoms with Gasteiger partial charge < -0.3 is 10.1 Å². The third-order valence-electron chi connectivity index (χ3n) is 4.97. The van der Waals surface area contributed by atoms with Crippen molar-refractivity contribution >= 4 is 34.2 Å². The third-order valence-corrected chi connectivity index (χ3v) is 5.21. The van der Waals surface area contributed by atoms with Crippen molar-refractivity contribution in [1.82, 2.24) is 14.1 Å². The molecule has 0 saturated carbocycles. The lowest BCUT2D eigenvalue weighted by Gasteiger charge is -2.14. The van der Waals surface area contributed by atoms with E-state index < -0.39 is 29.5 Å². The first-order chi connectivity index (χ1) is 15.9. The summed E-state index contributed by atoms with van der Waals surface area (Å²) in [5.41, 5.74) is -0.307. The number of ether oxygens (including phenoxy) is 1. The molecule has 0 aliphatic heterocycles. The highest BCUT2D eigenvalue weighted by Crippen LogP contribution is 2.27. The minimum absolute atomic E-state index is 0.0797. The van der Waals surface area contributed by atoms with E-state index in [-0.39, 0.29) is 17.6 Å². The average molecular weight is 469 g/mol. The molecule has 2 heterocycles. The number of hydrogen-bond acceptors (Lipinski definition) is 5. The van der Waals surface area contributed by atoms with Crippen LogP contribution in [0.1, 0.15) is 5.56 Å². The fraction of sp³-hybridized carbons (Fsp3) is 0.130. The van der Waals surface area contributed by atoms with E-state index in [2.05, 4.69) is 10.3 Å². The maximum atomic E-state index is 13.3. The molecule has 4 aromatic rings. The SMILES string of the molecule is COc1ccc(Cl)cc1NC(=O)Cn1c(=O)n(Cc2ccc(F)cc2)c(=O)c2cccnc21. The molecular weight excluding hydrogens is 451 g/mol. The van der Waals surface area contributed by atoms with E-state index in [1.54, 1.807) is 18.2 Å². The number of aromatic nitrogens is 3. The smallest absolute Gasteiger partial charge is 0.333 e. The molecule has 0 saturated heterocycles. The molecule has 0 spiro atoms. The molecule has 10 heteroatoms. The highest BCUT2D eigenvalue weighted by atomic mass is 35.5. The summed E-state index contributed by atoms with van der Waals surface area (Å²) in [7, 11) is 1.45. The number of nitrogens with zero attached hydrogens (tertiary/aromatic N) is 3. The summed E-state index contributed by atoms with van der Waals surface area (Å²) in [4.78, 5) is 43.2. The van der Waals surface area contributed by atoms with E-state index in [4.69, 9.17) is 16.3 Å². The number of pyridine rings is 1. The van der Waals surface area contributed by atoms with Gasteiger partial charge in [0.2, 0.25) is 5.91 Å². The van der Waals surface area contributed by atoms with E-state index in [0.29, 0.717) is 22.0 Å². The average Bonchev–Trinajstić information content (AvgIpc) is 2.81. The number of benzene rings is 2. The summed E-state index contributed by atoms with van der Waals surface area (Å²) < 4.78 is 20.6. The summed E-state index contributed by atoms with van der Waals surface area (Å²) in [6.45, 7) is -0.502. The van der Waals surface area contributed by atoms with Crippen LogP contribution >= 0.6 is 11.6 Å². The number of hydrogen-bond donors (Lipinski definition) is 1. The van der Waals surface area contributed by atoms with E-state index >= 15 is 0 Å². The molecule has 0 unspecified atom stereocenters. The zero-order valence-electron chi connectivity index (χ0n) is 17.4. The van der Waals surface area contributed by atoms with Gasteiger partial charge in [-0.25, -0.2) is 14.2 Å². The van der Waals surface area contributed by atoms with E-state index in [9.17, 15) is 18.8 Å². The number of halogens is 2. The second-order valence-electron chi connectivity index (χ2n) is 7.15. The summed E-state index contributed by atoms with van der Waals surface area (Å²) in [6, 6.07) is 13.3. The Morgan fingerprint density at radius 3 is 2.61 bits per heavy atom. The third kappa shape index (κ3) is 4.63. The van der Waals surface area contributed by atoms with Crippen LogP contribution < -0.4 is 21.3 Å². The predicted octanol–water partition coefficient (Wildman–Crippen LogP) is 3.05. The number of amides is 1. The monoisotopic (exact) mass is 468 g/mol. The fourth-order valence-corrected chi connectivity index (χ4v) is 3.59. The van der Waals surface area contributed by atoms with Gasteiger partial charge in [-0.1, -0.05) is 23.7 Å². The van der Waals surface area contributed by atoms with Crippen LogP contribution in [0.15, 0.2) is 70.4 Å². The number of nitrogens with one attached hydrogen (secondary N) is 1. The first kappa shape index (κ1) is 22.2. The maximum absolute atomic E-state index is 13.3. The van der Waals surface area contributed by atoms with Crippen LogP contribution in [-0.2, 0) is 17.9 Å². The van der Waals surface area contributed by atoms with Crippen LogP contribution in [0.2, 0.25) is 5.02 Å². The highest BCUT2D eigenvalue weighted by molar-refractivity contribution is 6.31. The Balaban J connectivity index is 1.75. The number of carbonyl (C=O) groups excluding carboxylic acids is 1. The Bertz CT molecular complexity index is 1460. The molecule has 0 aliphatic rings. The topological polar surface area (TPSA) is 95.2 Å². The lowest BCUT2D eigenvalue weighted by molar-refractivity contribution is -0.116. The van der Waals surface area contributed by atoms with Gasteiger partial charge in [0.1, 0.15) is 23.8 Å². The van der Waals surface area contributed by atoms with Gasteiger partial charge in [-0.15, -0.1) is 0 Å². The van der Waals surface area contributed by atoms with Gasteiger partial charge >= 0.3 is 5.69 Å². The van der Waals surface area contributed by atoms with Gasteiger partial charge in [-0.2, -0.15) is 0 Å². The first-order valence-electron chi connectivity index (χ1n) is 9.83. The van der Waals surface area contributed by atoms with Crippen molar-refractivity contribution in [2.75, 3.05) is 12.4 Å². The summed E-state index contributed by atoms with van der Waals surface area (Å²) in [5.74, 6) is -0.583. The number of fused-ring (bicyclic) bond motifs is 1. The molecule has 0 atom stereocenters. The Morgan fingerprint density at radius 1 is 1.12 bits per heavy atom. The largest absolute Gasteiger partial charge is 0.495 e. The van der Waals surface area contributed by atoms with E-state index in [1.807, 2.05) is 0 Å². The Hall–Kier alpha value is -3.98. The molecular formula is C23H18ClFN4O4. The number of methoxy groups -OCH3 is 1. The summed E-state index contributed by atoms with van der Waals surface area (Å²) in [6.07, 6.45) is 1.43. The van der Waals surface area contributed by atoms with Crippen molar-refractivity contribution in [1.29, 1.82) is 0 Å². The van der Waals surface area contributed by atoms with Crippen LogP contribution in [0.3, 0.4) is 0 Å². The molecule has 1 amide bonds. The summed E-state index contributed by atoms with van der Waals surface area (Å²) in [5, 5.41) is 3.23. The molecule has 0 radical (unpaired) electrons. The molecule has 1 N–H and O–H groups in total. The van der Waals surface area contributed by atoms with Crippen LogP contribution in [0.5, 0.6) is 5.75 Å². The maximum Gasteiger partial charge on any atom is 0.333 e. The number of anilines is 1. The van der Waals surface area contributed by atoms with E-state index in [1.165, 1.54) is 49.7 Å². The zero-order chi connectivity index (χ0) is 23.5. The zero-order valence-corrected chi connectivity index (χ0v) is 18.2. The molecule has 168 valence electrons. The lowest BCUT2D eigenvalue weighted by Crippen LogP contribution is -2.42. The molecule has 2 aromatic carbocycles. The number of rotatable bonds is 6. The van der Waals surface area contributed by atoms with Crippen LogP contribution in [0.4, 0.5) is 10.1 Å². The molecule has 8 nitrogen and oxygen atoms in total. The van der Waals surface area contributed by atoms with E-state index in [0.717, 1.165) is 9.13 Å². The van der Waals surface area contributed by atoms with Crippen molar-refractivity contribution in [2.45, 2.75) is 13.1 Å². The molecule has 33 heavy (non-hydrogen) atoms. The first-order valence-corrected chi connectivity index (χ1v) is 10.2. The fourth-order valence-electron chi connectivity index (χ4n) is 3.41. The predicted molar refractivity (Wildman–Crippen MR) is 122 cm³/mol. The number of carbonyl (C=O) groups is 1. The van der Waals surface area contributed by atoms with Crippen LogP contribution in [0.25, 0.3) is 11.0 Å². The standard InChI is InChI=1S/C23H18ClFN4O4/c1-33-19-9-6-15(24)11-18(19)27-20(30)13-28-21-17(3-2-10-26-21)22(31)29(23(28)32)12-14-4-7-16(25)8-5-14/h2-11H,12-13H2,1H3,(H,27,30). The minimum atomic E-state index is -0.719. The second kappa shape index (κ2) is 9.25. The Labute approximate surface area is 191 Å². The molecule has 0 bridgehead atoms. The van der Waals surface area contributed by atoms with Crippen molar-refractivity contribution in [2.24, 2.45) is 0 Å². The lowest BCUT2D eigenvalue weighted by atomic mass is 10.2. The highest BCUT2D eigenvalue weighted by Gasteiger charge is 2.17. The quantitative estimate of drug-likeness (QED) is 0.469. The summed E-state index contributed by atoms with van der Waals surface area (Å²) >= 11 is 6.01. The van der Waals surface area contributed by atoms with Crippen LogP contribution in [0, 0.1) is 5.82 Å². The van der Waals surface area contributed by atoms with Crippen molar-refractivity contribution in [3.05, 3.63) is 98.0 Å². The van der Waals surface area contributed by atoms with Gasteiger partial charge in [0.25, 0.3) is 5.56 Å². The van der Waals surface area contributed by atoms with Gasteiger partial charge in [0.15, 0.2) is 0 Å². The van der Waals surface area contributed by atoms with Crippen molar-refractivity contribution in [3.63, 3.8) is 0 Å². The normalized spacial score (nSPS) is 10.9.